The number of methoxy groups -OCH3 is 2. The monoisotopic (exact) mass is 243 g/mol. The number of benzene rings is 1. The van der Waals surface area contributed by atoms with Gasteiger partial charge in [0.1, 0.15) is 6.61 Å². The highest BCUT2D eigenvalue weighted by Gasteiger charge is 2.19. The first-order chi connectivity index (χ1) is 8.13. The lowest BCUT2D eigenvalue weighted by molar-refractivity contribution is -0.385. The molecule has 17 heavy (non-hydrogen) atoms. The standard InChI is InChI=1S/C10H13NO6/c1-15-8-5-7(11(13)14)6-9(16-2)10(8)17-4-3-12/h5-6,12H,3-4H2,1-2H3. The van der Waals surface area contributed by atoms with Crippen LogP contribution in [0.25, 0.3) is 0 Å². The van der Waals surface area contributed by atoms with Crippen LogP contribution >= 0.6 is 0 Å². The number of ether oxygens (including phenoxy) is 3. The van der Waals surface area contributed by atoms with Crippen LogP contribution in [0.3, 0.4) is 0 Å². The van der Waals surface area contributed by atoms with E-state index in [0.29, 0.717) is 0 Å². The van der Waals surface area contributed by atoms with Gasteiger partial charge in [0.05, 0.1) is 37.9 Å². The molecule has 0 aliphatic rings. The van der Waals surface area contributed by atoms with Crippen LogP contribution in [-0.2, 0) is 0 Å². The summed E-state index contributed by atoms with van der Waals surface area (Å²) in [4.78, 5) is 10.1. The zero-order valence-corrected chi connectivity index (χ0v) is 9.50. The van der Waals surface area contributed by atoms with Gasteiger partial charge in [0.25, 0.3) is 5.69 Å². The van der Waals surface area contributed by atoms with E-state index < -0.39 is 4.92 Å². The fraction of sp³-hybridized carbons (Fsp3) is 0.400. The fourth-order valence-corrected chi connectivity index (χ4v) is 1.26. The third-order valence-electron chi connectivity index (χ3n) is 1.99. The molecule has 0 aliphatic heterocycles. The average Bonchev–Trinajstić information content (AvgIpc) is 2.34. The van der Waals surface area contributed by atoms with E-state index in [-0.39, 0.29) is 36.1 Å². The number of nitrogens with zero attached hydrogens (tertiary/aromatic N) is 1. The van der Waals surface area contributed by atoms with E-state index >= 15 is 0 Å². The minimum absolute atomic E-state index is 0.0462. The summed E-state index contributed by atoms with van der Waals surface area (Å²) in [6.07, 6.45) is 0. The molecule has 0 aliphatic carbocycles. The molecule has 1 aromatic carbocycles. The van der Waals surface area contributed by atoms with Gasteiger partial charge in [-0.15, -0.1) is 0 Å². The molecule has 0 fully saturated rings. The number of rotatable bonds is 6. The normalized spacial score (nSPS) is 9.82. The third-order valence-corrected chi connectivity index (χ3v) is 1.99. The third kappa shape index (κ3) is 2.97. The molecule has 0 aromatic heterocycles. The Hall–Kier alpha value is -2.02. The lowest BCUT2D eigenvalue weighted by Gasteiger charge is -2.13. The molecule has 7 heteroatoms. The van der Waals surface area contributed by atoms with Crippen molar-refractivity contribution in [1.82, 2.24) is 0 Å². The van der Waals surface area contributed by atoms with Crippen LogP contribution in [0, 0.1) is 10.1 Å². The van der Waals surface area contributed by atoms with Gasteiger partial charge in [0.2, 0.25) is 5.75 Å². The zero-order chi connectivity index (χ0) is 12.8. The van der Waals surface area contributed by atoms with Crippen LogP contribution in [0.15, 0.2) is 12.1 Å². The van der Waals surface area contributed by atoms with Crippen molar-refractivity contribution in [2.24, 2.45) is 0 Å². The SMILES string of the molecule is COc1cc([N+](=O)[O-])cc(OC)c1OCCO. The Morgan fingerprint density at radius 2 is 1.82 bits per heavy atom. The maximum atomic E-state index is 10.7. The number of aliphatic hydroxyl groups is 1. The molecule has 0 unspecified atom stereocenters. The van der Waals surface area contributed by atoms with Gasteiger partial charge in [-0.05, 0) is 0 Å². The highest BCUT2D eigenvalue weighted by Crippen LogP contribution is 2.40. The number of nitro groups is 1. The maximum Gasteiger partial charge on any atom is 0.277 e. The number of nitro benzene ring substituents is 1. The molecule has 0 heterocycles. The van der Waals surface area contributed by atoms with Crippen LogP contribution in [0.4, 0.5) is 5.69 Å². The summed E-state index contributed by atoms with van der Waals surface area (Å²) >= 11 is 0. The molecular weight excluding hydrogens is 230 g/mol. The van der Waals surface area contributed by atoms with E-state index in [4.69, 9.17) is 19.3 Å². The minimum Gasteiger partial charge on any atom is -0.492 e. The van der Waals surface area contributed by atoms with Crippen LogP contribution in [-0.4, -0.2) is 37.5 Å². The molecule has 0 saturated heterocycles. The zero-order valence-electron chi connectivity index (χ0n) is 9.50. The smallest absolute Gasteiger partial charge is 0.277 e. The van der Waals surface area contributed by atoms with Crippen molar-refractivity contribution in [1.29, 1.82) is 0 Å². The van der Waals surface area contributed by atoms with Crippen molar-refractivity contribution in [3.8, 4) is 17.2 Å². The predicted molar refractivity (Wildman–Crippen MR) is 58.8 cm³/mol. The van der Waals surface area contributed by atoms with Gasteiger partial charge in [-0.25, -0.2) is 0 Å². The number of aliphatic hydroxyl groups excluding tert-OH is 1. The highest BCUT2D eigenvalue weighted by atomic mass is 16.6. The van der Waals surface area contributed by atoms with E-state index in [0.717, 1.165) is 0 Å². The Kier molecular flexibility index (Phi) is 4.53. The van der Waals surface area contributed by atoms with Crippen molar-refractivity contribution >= 4 is 5.69 Å². The first kappa shape index (κ1) is 13.0. The molecule has 1 aromatic rings. The molecule has 0 spiro atoms. The van der Waals surface area contributed by atoms with E-state index in [1.54, 1.807) is 0 Å². The molecule has 0 atom stereocenters. The Morgan fingerprint density at radius 3 is 2.18 bits per heavy atom. The summed E-state index contributed by atoms with van der Waals surface area (Å²) in [6, 6.07) is 2.46. The summed E-state index contributed by atoms with van der Waals surface area (Å²) in [5.41, 5.74) is -0.157. The van der Waals surface area contributed by atoms with Gasteiger partial charge in [-0.1, -0.05) is 0 Å². The van der Waals surface area contributed by atoms with Crippen molar-refractivity contribution in [2.75, 3.05) is 27.4 Å². The Morgan fingerprint density at radius 1 is 1.29 bits per heavy atom. The van der Waals surface area contributed by atoms with Gasteiger partial charge in [-0.2, -0.15) is 0 Å². The van der Waals surface area contributed by atoms with Gasteiger partial charge in [0, 0.05) is 0 Å². The molecule has 7 nitrogen and oxygen atoms in total. The second kappa shape index (κ2) is 5.90. The van der Waals surface area contributed by atoms with Crippen molar-refractivity contribution < 1.29 is 24.2 Å². The summed E-state index contributed by atoms with van der Waals surface area (Å²) in [7, 11) is 2.73. The number of hydrogen-bond donors (Lipinski definition) is 1. The molecule has 1 rings (SSSR count). The number of hydrogen-bond acceptors (Lipinski definition) is 6. The van der Waals surface area contributed by atoms with Crippen molar-refractivity contribution in [2.45, 2.75) is 0 Å². The first-order valence-corrected chi connectivity index (χ1v) is 4.78. The summed E-state index contributed by atoms with van der Waals surface area (Å²) in [5.74, 6) is 0.601. The quantitative estimate of drug-likeness (QED) is 0.591. The summed E-state index contributed by atoms with van der Waals surface area (Å²) in [6.45, 7) is -0.131. The molecular formula is C10H13NO6. The lowest BCUT2D eigenvalue weighted by Crippen LogP contribution is -2.05. The van der Waals surface area contributed by atoms with Gasteiger partial charge in [-0.3, -0.25) is 10.1 Å². The topological polar surface area (TPSA) is 91.1 Å². The van der Waals surface area contributed by atoms with Crippen LogP contribution in [0.2, 0.25) is 0 Å². The van der Waals surface area contributed by atoms with Crippen molar-refractivity contribution in [3.05, 3.63) is 22.2 Å². The predicted octanol–water partition coefficient (Wildman–Crippen LogP) is 0.983. The Balaban J connectivity index is 3.21. The Labute approximate surface area is 97.7 Å². The second-order valence-corrected chi connectivity index (χ2v) is 3.01. The lowest BCUT2D eigenvalue weighted by atomic mass is 10.2. The molecule has 0 amide bonds. The summed E-state index contributed by atoms with van der Waals surface area (Å²) in [5, 5.41) is 19.4. The van der Waals surface area contributed by atoms with Crippen LogP contribution < -0.4 is 14.2 Å². The van der Waals surface area contributed by atoms with Crippen molar-refractivity contribution in [3.63, 3.8) is 0 Å². The Bertz CT molecular complexity index is 381. The molecule has 0 radical (unpaired) electrons. The summed E-state index contributed by atoms with van der Waals surface area (Å²) < 4.78 is 15.2. The van der Waals surface area contributed by atoms with E-state index in [1.807, 2.05) is 0 Å². The van der Waals surface area contributed by atoms with Gasteiger partial charge >= 0.3 is 0 Å². The number of non-ortho nitro benzene ring substituents is 1. The van der Waals surface area contributed by atoms with Crippen LogP contribution in [0.5, 0.6) is 17.2 Å². The average molecular weight is 243 g/mol. The molecule has 1 N–H and O–H groups in total. The molecule has 0 bridgehead atoms. The fourth-order valence-electron chi connectivity index (χ4n) is 1.26. The second-order valence-electron chi connectivity index (χ2n) is 3.01. The van der Waals surface area contributed by atoms with Crippen LogP contribution in [0.1, 0.15) is 0 Å². The van der Waals surface area contributed by atoms with E-state index in [2.05, 4.69) is 0 Å². The van der Waals surface area contributed by atoms with Gasteiger partial charge in [0.15, 0.2) is 11.5 Å². The van der Waals surface area contributed by atoms with E-state index in [9.17, 15) is 10.1 Å². The molecule has 94 valence electrons. The van der Waals surface area contributed by atoms with Gasteiger partial charge < -0.3 is 19.3 Å². The molecule has 0 saturated carbocycles. The minimum atomic E-state index is -0.555. The maximum absolute atomic E-state index is 10.7. The largest absolute Gasteiger partial charge is 0.492 e. The highest BCUT2D eigenvalue weighted by molar-refractivity contribution is 5.58. The van der Waals surface area contributed by atoms with E-state index in [1.165, 1.54) is 26.4 Å². The first-order valence-electron chi connectivity index (χ1n) is 4.78.